The summed E-state index contributed by atoms with van der Waals surface area (Å²) in [6, 6.07) is 7.54. The molecule has 37 heavy (non-hydrogen) atoms. The number of ether oxygens (including phenoxy) is 1. The predicted octanol–water partition coefficient (Wildman–Crippen LogP) is 2.84. The van der Waals surface area contributed by atoms with E-state index in [-0.39, 0.29) is 30.4 Å². The summed E-state index contributed by atoms with van der Waals surface area (Å²) in [7, 11) is -2.88. The van der Waals surface area contributed by atoms with E-state index in [0.29, 0.717) is 9.87 Å². The molecular formula is C24H31FN4O7S. The third-order valence-electron chi connectivity index (χ3n) is 5.40. The van der Waals surface area contributed by atoms with E-state index in [1.165, 1.54) is 42.3 Å². The van der Waals surface area contributed by atoms with Crippen molar-refractivity contribution < 1.29 is 32.1 Å². The molecule has 0 spiro atoms. The van der Waals surface area contributed by atoms with Gasteiger partial charge in [-0.2, -0.15) is 0 Å². The number of anilines is 1. The van der Waals surface area contributed by atoms with Crippen molar-refractivity contribution in [2.24, 2.45) is 0 Å². The molecule has 13 heteroatoms. The highest BCUT2D eigenvalue weighted by Gasteiger charge is 2.33. The van der Waals surface area contributed by atoms with Crippen LogP contribution in [0.5, 0.6) is 5.75 Å². The van der Waals surface area contributed by atoms with Crippen molar-refractivity contribution in [3.05, 3.63) is 64.0 Å². The van der Waals surface area contributed by atoms with Gasteiger partial charge in [-0.15, -0.1) is 0 Å². The Hall–Kier alpha value is -3.74. The summed E-state index contributed by atoms with van der Waals surface area (Å²) in [4.78, 5) is 38.4. The van der Waals surface area contributed by atoms with Crippen LogP contribution in [0, 0.1) is 15.9 Å². The fraction of sp³-hybridized carbons (Fsp3) is 0.417. The molecule has 2 aromatic carbocycles. The van der Waals surface area contributed by atoms with Crippen molar-refractivity contribution in [1.82, 2.24) is 10.2 Å². The Kier molecular flexibility index (Phi) is 9.95. The average Bonchev–Trinajstić information content (AvgIpc) is 2.81. The molecule has 2 aromatic rings. The number of benzene rings is 2. The van der Waals surface area contributed by atoms with Gasteiger partial charge < -0.3 is 15.0 Å². The first-order chi connectivity index (χ1) is 17.3. The summed E-state index contributed by atoms with van der Waals surface area (Å²) in [5.41, 5.74) is -0.0823. The number of nitrogens with one attached hydrogen (secondary N) is 1. The van der Waals surface area contributed by atoms with Gasteiger partial charge in [0.15, 0.2) is 0 Å². The van der Waals surface area contributed by atoms with Gasteiger partial charge >= 0.3 is 0 Å². The van der Waals surface area contributed by atoms with E-state index in [1.807, 2.05) is 0 Å². The van der Waals surface area contributed by atoms with E-state index < -0.39 is 50.9 Å². The number of sulfonamides is 1. The number of carbonyl (C=O) groups excluding carboxylic acids is 2. The summed E-state index contributed by atoms with van der Waals surface area (Å²) in [5, 5.41) is 14.1. The molecule has 0 bridgehead atoms. The molecule has 202 valence electrons. The van der Waals surface area contributed by atoms with Gasteiger partial charge in [0.05, 0.1) is 18.3 Å². The minimum Gasteiger partial charge on any atom is -0.495 e. The zero-order valence-electron chi connectivity index (χ0n) is 21.3. The van der Waals surface area contributed by atoms with Crippen molar-refractivity contribution in [3.8, 4) is 5.75 Å². The minimum atomic E-state index is -4.14. The molecule has 0 aromatic heterocycles. The number of nitro groups is 1. The summed E-state index contributed by atoms with van der Waals surface area (Å²) >= 11 is 0. The molecule has 1 N–H and O–H groups in total. The molecule has 0 aliphatic heterocycles. The predicted molar refractivity (Wildman–Crippen MR) is 136 cm³/mol. The molecule has 0 aliphatic rings. The van der Waals surface area contributed by atoms with Crippen molar-refractivity contribution >= 4 is 33.2 Å². The van der Waals surface area contributed by atoms with Crippen LogP contribution in [0.4, 0.5) is 15.8 Å². The van der Waals surface area contributed by atoms with Crippen LogP contribution in [0.25, 0.3) is 0 Å². The maximum Gasteiger partial charge on any atom is 0.271 e. The molecule has 0 unspecified atom stereocenters. The number of rotatable bonds is 12. The number of nitro benzene ring substituents is 1. The molecule has 0 aliphatic carbocycles. The van der Waals surface area contributed by atoms with Crippen LogP contribution in [-0.4, -0.2) is 62.0 Å². The monoisotopic (exact) mass is 538 g/mol. The molecular weight excluding hydrogens is 507 g/mol. The highest BCUT2D eigenvalue weighted by atomic mass is 32.2. The van der Waals surface area contributed by atoms with Gasteiger partial charge in [-0.1, -0.05) is 19.1 Å². The van der Waals surface area contributed by atoms with Gasteiger partial charge in [-0.3, -0.25) is 24.0 Å². The molecule has 2 rings (SSSR count). The van der Waals surface area contributed by atoms with Crippen molar-refractivity contribution in [2.45, 2.75) is 45.8 Å². The Morgan fingerprint density at radius 2 is 1.78 bits per heavy atom. The van der Waals surface area contributed by atoms with Crippen molar-refractivity contribution in [1.29, 1.82) is 0 Å². The fourth-order valence-electron chi connectivity index (χ4n) is 3.67. The smallest absolute Gasteiger partial charge is 0.271 e. The number of hydrogen-bond acceptors (Lipinski definition) is 7. The first-order valence-corrected chi connectivity index (χ1v) is 13.3. The molecule has 0 fully saturated rings. The number of halogens is 1. The SMILES string of the molecule is CC[C@@H](C(=O)NC(C)C)N(Cc1ccc(F)cc1)C(=O)CN(c1cc([N+](=O)[O-])ccc1OC)S(C)(=O)=O. The first kappa shape index (κ1) is 29.5. The van der Waals surface area contributed by atoms with Crippen LogP contribution in [0.2, 0.25) is 0 Å². The quantitative estimate of drug-likeness (QED) is 0.324. The summed E-state index contributed by atoms with van der Waals surface area (Å²) in [5.74, 6) is -1.66. The lowest BCUT2D eigenvalue weighted by Gasteiger charge is -2.33. The van der Waals surface area contributed by atoms with Crippen LogP contribution in [0.3, 0.4) is 0 Å². The van der Waals surface area contributed by atoms with E-state index in [0.717, 1.165) is 18.4 Å². The van der Waals surface area contributed by atoms with E-state index in [1.54, 1.807) is 20.8 Å². The number of amides is 2. The molecule has 0 heterocycles. The van der Waals surface area contributed by atoms with E-state index in [4.69, 9.17) is 4.74 Å². The lowest BCUT2D eigenvalue weighted by Crippen LogP contribution is -2.53. The fourth-order valence-corrected chi connectivity index (χ4v) is 4.51. The number of carbonyl (C=O) groups is 2. The highest BCUT2D eigenvalue weighted by Crippen LogP contribution is 2.34. The number of non-ortho nitro benzene ring substituents is 1. The second-order valence-corrected chi connectivity index (χ2v) is 10.5. The molecule has 2 amide bonds. The Balaban J connectivity index is 2.55. The van der Waals surface area contributed by atoms with E-state index in [2.05, 4.69) is 5.32 Å². The third-order valence-corrected chi connectivity index (χ3v) is 6.53. The number of nitrogens with zero attached hydrogens (tertiary/aromatic N) is 3. The summed E-state index contributed by atoms with van der Waals surface area (Å²) in [6.45, 7) is 4.36. The minimum absolute atomic E-state index is 0.00139. The zero-order chi connectivity index (χ0) is 27.9. The Morgan fingerprint density at radius 1 is 1.16 bits per heavy atom. The van der Waals surface area contributed by atoms with Gasteiger partial charge in [-0.05, 0) is 44.0 Å². The molecule has 0 radical (unpaired) electrons. The van der Waals surface area contributed by atoms with Gasteiger partial charge in [0, 0.05) is 24.7 Å². The highest BCUT2D eigenvalue weighted by molar-refractivity contribution is 7.92. The summed E-state index contributed by atoms with van der Waals surface area (Å²) < 4.78 is 44.9. The maximum atomic E-state index is 13.6. The lowest BCUT2D eigenvalue weighted by molar-refractivity contribution is -0.384. The second-order valence-electron chi connectivity index (χ2n) is 8.62. The van der Waals surface area contributed by atoms with E-state index >= 15 is 0 Å². The Morgan fingerprint density at radius 3 is 2.27 bits per heavy atom. The number of hydrogen-bond donors (Lipinski definition) is 1. The Bertz CT molecular complexity index is 1240. The normalized spacial score (nSPS) is 12.1. The molecule has 1 atom stereocenters. The van der Waals surface area contributed by atoms with Crippen LogP contribution < -0.4 is 14.4 Å². The van der Waals surface area contributed by atoms with Crippen molar-refractivity contribution in [2.75, 3.05) is 24.2 Å². The standard InChI is InChI=1S/C24H31FN4O7S/c1-6-20(24(31)26-16(2)3)27(14-17-7-9-18(25)10-8-17)23(30)15-28(37(5,34)35)21-13-19(29(32)33)11-12-22(21)36-4/h7-13,16,20H,6,14-15H2,1-5H3,(H,26,31)/t20-/m0/s1. The van der Waals surface area contributed by atoms with Crippen LogP contribution in [-0.2, 0) is 26.2 Å². The van der Waals surface area contributed by atoms with Crippen LogP contribution in [0.1, 0.15) is 32.8 Å². The van der Waals surface area contributed by atoms with E-state index in [9.17, 15) is 32.5 Å². The van der Waals surface area contributed by atoms with Crippen molar-refractivity contribution in [3.63, 3.8) is 0 Å². The Labute approximate surface area is 215 Å². The van der Waals surface area contributed by atoms with Gasteiger partial charge in [0.1, 0.15) is 29.8 Å². The summed E-state index contributed by atoms with van der Waals surface area (Å²) in [6.07, 6.45) is 1.07. The van der Waals surface area contributed by atoms with Gasteiger partial charge in [0.2, 0.25) is 21.8 Å². The average molecular weight is 539 g/mol. The molecule has 0 saturated heterocycles. The maximum absolute atomic E-state index is 13.6. The van der Waals surface area contributed by atoms with Crippen LogP contribution in [0.15, 0.2) is 42.5 Å². The third kappa shape index (κ3) is 7.87. The number of methoxy groups -OCH3 is 1. The first-order valence-electron chi connectivity index (χ1n) is 11.4. The second kappa shape index (κ2) is 12.5. The van der Waals surface area contributed by atoms with Gasteiger partial charge in [-0.25, -0.2) is 12.8 Å². The van der Waals surface area contributed by atoms with Crippen LogP contribution >= 0.6 is 0 Å². The lowest BCUT2D eigenvalue weighted by atomic mass is 10.1. The van der Waals surface area contributed by atoms with Gasteiger partial charge in [0.25, 0.3) is 5.69 Å². The largest absolute Gasteiger partial charge is 0.495 e. The molecule has 11 nitrogen and oxygen atoms in total. The molecule has 0 saturated carbocycles. The topological polar surface area (TPSA) is 139 Å². The zero-order valence-corrected chi connectivity index (χ0v) is 22.1.